The predicted octanol–water partition coefficient (Wildman–Crippen LogP) is 3.90. The van der Waals surface area contributed by atoms with E-state index in [-0.39, 0.29) is 13.3 Å². The number of benzene rings is 3. The first-order valence-corrected chi connectivity index (χ1v) is 9.99. The van der Waals surface area contributed by atoms with E-state index in [0.717, 1.165) is 11.1 Å². The molecule has 0 amide bonds. The van der Waals surface area contributed by atoms with Crippen LogP contribution in [0.25, 0.3) is 11.1 Å². The molecule has 138 valence electrons. The van der Waals surface area contributed by atoms with Crippen LogP contribution < -0.4 is 9.47 Å². The van der Waals surface area contributed by atoms with Crippen molar-refractivity contribution in [3.8, 4) is 22.6 Å². The molecule has 0 atom stereocenters. The Balaban J connectivity index is 1.66. The fourth-order valence-electron chi connectivity index (χ4n) is 3.10. The number of hydrogen-bond donors (Lipinski definition) is 0. The summed E-state index contributed by atoms with van der Waals surface area (Å²) < 4.78 is 38.5. The molecule has 0 N–H and O–H groups in total. The molecular formula is C21H19NO4S. The van der Waals surface area contributed by atoms with Gasteiger partial charge in [-0.1, -0.05) is 54.6 Å². The first kappa shape index (κ1) is 17.6. The summed E-state index contributed by atoms with van der Waals surface area (Å²) in [6.07, 6.45) is 0. The highest BCUT2D eigenvalue weighted by molar-refractivity contribution is 7.89. The fraction of sp³-hybridized carbons (Fsp3) is 0.143. The van der Waals surface area contributed by atoms with Crippen LogP contribution in [0.5, 0.6) is 11.5 Å². The Labute approximate surface area is 158 Å². The maximum absolute atomic E-state index is 13.2. The second-order valence-corrected chi connectivity index (χ2v) is 8.32. The molecule has 0 saturated heterocycles. The largest absolute Gasteiger partial charge is 0.454 e. The zero-order valence-electron chi connectivity index (χ0n) is 14.8. The Morgan fingerprint density at radius 1 is 0.889 bits per heavy atom. The van der Waals surface area contributed by atoms with Gasteiger partial charge in [0.25, 0.3) is 0 Å². The predicted molar refractivity (Wildman–Crippen MR) is 103 cm³/mol. The van der Waals surface area contributed by atoms with Crippen molar-refractivity contribution in [3.05, 3.63) is 78.4 Å². The van der Waals surface area contributed by atoms with Crippen LogP contribution in [0, 0.1) is 0 Å². The van der Waals surface area contributed by atoms with Crippen LogP contribution in [-0.2, 0) is 16.6 Å². The van der Waals surface area contributed by atoms with Crippen LogP contribution in [0.4, 0.5) is 0 Å². The first-order chi connectivity index (χ1) is 13.1. The number of hydrogen-bond acceptors (Lipinski definition) is 4. The Bertz CT molecular complexity index is 1060. The van der Waals surface area contributed by atoms with Crippen LogP contribution in [0.15, 0.2) is 77.7 Å². The van der Waals surface area contributed by atoms with Crippen molar-refractivity contribution in [2.75, 3.05) is 13.8 Å². The van der Waals surface area contributed by atoms with Gasteiger partial charge in [0.1, 0.15) is 0 Å². The lowest BCUT2D eigenvalue weighted by molar-refractivity contribution is 0.174. The third-order valence-electron chi connectivity index (χ3n) is 4.50. The van der Waals surface area contributed by atoms with E-state index in [9.17, 15) is 8.42 Å². The Morgan fingerprint density at radius 2 is 1.59 bits per heavy atom. The summed E-state index contributed by atoms with van der Waals surface area (Å²) in [4.78, 5) is 0.291. The maximum atomic E-state index is 13.2. The molecule has 0 bridgehead atoms. The van der Waals surface area contributed by atoms with Gasteiger partial charge in [0.2, 0.25) is 16.8 Å². The summed E-state index contributed by atoms with van der Waals surface area (Å²) in [5.41, 5.74) is 2.39. The smallest absolute Gasteiger partial charge is 0.243 e. The average Bonchev–Trinajstić information content (AvgIpc) is 3.16. The standard InChI is InChI=1S/C21H19NO4S/c1-22(14-16-11-12-19-20(13-16)26-15-25-19)27(23,24)21-10-6-5-9-18(21)17-7-3-2-4-8-17/h2-13H,14-15H2,1H3. The van der Waals surface area contributed by atoms with E-state index >= 15 is 0 Å². The SMILES string of the molecule is CN(Cc1ccc2c(c1)OCO2)S(=O)(=O)c1ccccc1-c1ccccc1. The van der Waals surface area contributed by atoms with Gasteiger partial charge in [0.05, 0.1) is 4.90 Å². The molecule has 1 aliphatic heterocycles. The van der Waals surface area contributed by atoms with E-state index in [1.165, 1.54) is 4.31 Å². The summed E-state index contributed by atoms with van der Waals surface area (Å²) in [6, 6.07) is 22.1. The van der Waals surface area contributed by atoms with E-state index < -0.39 is 10.0 Å². The van der Waals surface area contributed by atoms with Crippen molar-refractivity contribution in [2.24, 2.45) is 0 Å². The minimum Gasteiger partial charge on any atom is -0.454 e. The summed E-state index contributed by atoms with van der Waals surface area (Å²) >= 11 is 0. The van der Waals surface area contributed by atoms with Gasteiger partial charge in [-0.05, 0) is 29.3 Å². The highest BCUT2D eigenvalue weighted by Gasteiger charge is 2.25. The number of nitrogens with zero attached hydrogens (tertiary/aromatic N) is 1. The van der Waals surface area contributed by atoms with Crippen LogP contribution >= 0.6 is 0 Å². The molecule has 6 heteroatoms. The molecule has 3 aromatic carbocycles. The number of rotatable bonds is 5. The van der Waals surface area contributed by atoms with Crippen molar-refractivity contribution in [1.29, 1.82) is 0 Å². The Kier molecular flexibility index (Phi) is 4.59. The topological polar surface area (TPSA) is 55.8 Å². The molecule has 0 aliphatic carbocycles. The van der Waals surface area contributed by atoms with Crippen molar-refractivity contribution in [1.82, 2.24) is 4.31 Å². The third kappa shape index (κ3) is 3.41. The highest BCUT2D eigenvalue weighted by atomic mass is 32.2. The highest BCUT2D eigenvalue weighted by Crippen LogP contribution is 2.34. The van der Waals surface area contributed by atoms with E-state index in [4.69, 9.17) is 9.47 Å². The van der Waals surface area contributed by atoms with Gasteiger partial charge in [-0.25, -0.2) is 8.42 Å². The van der Waals surface area contributed by atoms with Gasteiger partial charge in [-0.15, -0.1) is 0 Å². The van der Waals surface area contributed by atoms with Crippen LogP contribution in [0.1, 0.15) is 5.56 Å². The second kappa shape index (κ2) is 7.06. The molecule has 5 nitrogen and oxygen atoms in total. The van der Waals surface area contributed by atoms with Gasteiger partial charge in [0, 0.05) is 19.2 Å². The van der Waals surface area contributed by atoms with E-state index in [1.54, 1.807) is 25.2 Å². The molecule has 4 rings (SSSR count). The Morgan fingerprint density at radius 3 is 2.41 bits per heavy atom. The first-order valence-electron chi connectivity index (χ1n) is 8.55. The molecular weight excluding hydrogens is 362 g/mol. The monoisotopic (exact) mass is 381 g/mol. The molecule has 0 unspecified atom stereocenters. The lowest BCUT2D eigenvalue weighted by atomic mass is 10.1. The lowest BCUT2D eigenvalue weighted by Crippen LogP contribution is -2.27. The van der Waals surface area contributed by atoms with Gasteiger partial charge < -0.3 is 9.47 Å². The van der Waals surface area contributed by atoms with Crippen LogP contribution in [0.2, 0.25) is 0 Å². The molecule has 0 aromatic heterocycles. The maximum Gasteiger partial charge on any atom is 0.243 e. The molecule has 0 saturated carbocycles. The van der Waals surface area contributed by atoms with E-state index in [1.807, 2.05) is 54.6 Å². The molecule has 0 spiro atoms. The van der Waals surface area contributed by atoms with Crippen molar-refractivity contribution in [2.45, 2.75) is 11.4 Å². The average molecular weight is 381 g/mol. The van der Waals surface area contributed by atoms with Crippen LogP contribution in [-0.4, -0.2) is 26.6 Å². The molecule has 0 fully saturated rings. The quantitative estimate of drug-likeness (QED) is 0.673. The summed E-state index contributed by atoms with van der Waals surface area (Å²) in [5.74, 6) is 1.32. The fourth-order valence-corrected chi connectivity index (χ4v) is 4.47. The van der Waals surface area contributed by atoms with Crippen molar-refractivity contribution < 1.29 is 17.9 Å². The number of sulfonamides is 1. The minimum absolute atomic E-state index is 0.192. The second-order valence-electron chi connectivity index (χ2n) is 6.31. The normalized spacial score (nSPS) is 13.1. The molecule has 1 aliphatic rings. The molecule has 3 aromatic rings. The van der Waals surface area contributed by atoms with Crippen molar-refractivity contribution in [3.63, 3.8) is 0 Å². The summed E-state index contributed by atoms with van der Waals surface area (Å²) in [7, 11) is -2.08. The van der Waals surface area contributed by atoms with Gasteiger partial charge >= 0.3 is 0 Å². The Hall–Kier alpha value is -2.83. The zero-order chi connectivity index (χ0) is 18.9. The molecule has 27 heavy (non-hydrogen) atoms. The molecule has 0 radical (unpaired) electrons. The number of ether oxygens (including phenoxy) is 2. The summed E-state index contributed by atoms with van der Waals surface area (Å²) in [5, 5.41) is 0. The third-order valence-corrected chi connectivity index (χ3v) is 6.36. The minimum atomic E-state index is -3.67. The molecule has 1 heterocycles. The van der Waals surface area contributed by atoms with Crippen LogP contribution in [0.3, 0.4) is 0 Å². The van der Waals surface area contributed by atoms with Gasteiger partial charge in [-0.3, -0.25) is 0 Å². The van der Waals surface area contributed by atoms with Gasteiger partial charge in [0.15, 0.2) is 11.5 Å². The summed E-state index contributed by atoms with van der Waals surface area (Å²) in [6.45, 7) is 0.430. The number of fused-ring (bicyclic) bond motifs is 1. The zero-order valence-corrected chi connectivity index (χ0v) is 15.6. The van der Waals surface area contributed by atoms with E-state index in [2.05, 4.69) is 0 Å². The van der Waals surface area contributed by atoms with E-state index in [0.29, 0.717) is 22.0 Å². The van der Waals surface area contributed by atoms with Crippen molar-refractivity contribution >= 4 is 10.0 Å². The van der Waals surface area contributed by atoms with Gasteiger partial charge in [-0.2, -0.15) is 4.31 Å². The lowest BCUT2D eigenvalue weighted by Gasteiger charge is -2.19.